The van der Waals surface area contributed by atoms with Crippen LogP contribution in [0.15, 0.2) is 24.3 Å². The summed E-state index contributed by atoms with van der Waals surface area (Å²) < 4.78 is 16.8. The Kier molecular flexibility index (Phi) is 6.09. The van der Waals surface area contributed by atoms with Gasteiger partial charge in [-0.2, -0.15) is 0 Å². The minimum Gasteiger partial charge on any atom is -0.497 e. The third-order valence-electron chi connectivity index (χ3n) is 6.13. The van der Waals surface area contributed by atoms with Crippen LogP contribution in [0.2, 0.25) is 0 Å². The summed E-state index contributed by atoms with van der Waals surface area (Å²) in [7, 11) is 1.57. The second-order valence-electron chi connectivity index (χ2n) is 7.92. The highest BCUT2D eigenvalue weighted by molar-refractivity contribution is 5.89. The predicted molar refractivity (Wildman–Crippen MR) is 107 cm³/mol. The van der Waals surface area contributed by atoms with Crippen LogP contribution in [0.4, 0.5) is 10.5 Å². The third kappa shape index (κ3) is 4.22. The molecule has 3 aliphatic heterocycles. The number of ether oxygens (including phenoxy) is 3. The normalized spacial score (nSPS) is 31.9. The van der Waals surface area contributed by atoms with Crippen molar-refractivity contribution in [2.45, 2.75) is 43.4 Å². The van der Waals surface area contributed by atoms with Crippen LogP contribution in [0.5, 0.6) is 5.75 Å². The number of carbonyl (C=O) groups is 2. The van der Waals surface area contributed by atoms with Crippen molar-refractivity contribution in [3.8, 4) is 5.75 Å². The van der Waals surface area contributed by atoms with Crippen LogP contribution in [-0.4, -0.2) is 79.3 Å². The number of piperidine rings is 1. The Balaban J connectivity index is 1.39. The van der Waals surface area contributed by atoms with Crippen molar-refractivity contribution in [3.05, 3.63) is 24.3 Å². The monoisotopic (exact) mass is 420 g/mol. The molecule has 3 amide bonds. The molecule has 164 valence electrons. The predicted octanol–water partition coefficient (Wildman–Crippen LogP) is -0.133. The molecule has 0 spiro atoms. The Morgan fingerprint density at radius 2 is 1.93 bits per heavy atom. The highest BCUT2D eigenvalue weighted by Crippen LogP contribution is 2.33. The number of carbonyl (C=O) groups excluding carboxylic acids is 2. The number of primary amides is 1. The molecule has 3 heterocycles. The highest BCUT2D eigenvalue weighted by Gasteiger charge is 2.53. The fourth-order valence-electron chi connectivity index (χ4n) is 4.44. The largest absolute Gasteiger partial charge is 0.497 e. The molecule has 1 aromatic carbocycles. The van der Waals surface area contributed by atoms with E-state index < -0.39 is 36.6 Å². The molecule has 3 fully saturated rings. The Morgan fingerprint density at radius 1 is 1.23 bits per heavy atom. The van der Waals surface area contributed by atoms with Gasteiger partial charge in [0, 0.05) is 11.6 Å². The van der Waals surface area contributed by atoms with Crippen LogP contribution in [0.25, 0.3) is 0 Å². The van der Waals surface area contributed by atoms with E-state index in [0.717, 1.165) is 0 Å². The zero-order valence-corrected chi connectivity index (χ0v) is 16.8. The zero-order chi connectivity index (χ0) is 21.3. The smallest absolute Gasteiger partial charge is 0.319 e. The van der Waals surface area contributed by atoms with Crippen molar-refractivity contribution < 1.29 is 28.9 Å². The Labute approximate surface area is 174 Å². The summed E-state index contributed by atoms with van der Waals surface area (Å²) in [5, 5.41) is 16.7. The maximum absolute atomic E-state index is 12.5. The number of rotatable bonds is 5. The summed E-state index contributed by atoms with van der Waals surface area (Å²) >= 11 is 0. The van der Waals surface area contributed by atoms with Crippen LogP contribution in [0.1, 0.15) is 12.8 Å². The lowest BCUT2D eigenvalue weighted by molar-refractivity contribution is -0.184. The number of aliphatic hydroxyl groups excluding tert-OH is 1. The minimum atomic E-state index is -0.872. The maximum atomic E-state index is 12.5. The molecule has 3 saturated heterocycles. The lowest BCUT2D eigenvalue weighted by Crippen LogP contribution is -2.66. The minimum absolute atomic E-state index is 0.149. The molecule has 0 saturated carbocycles. The van der Waals surface area contributed by atoms with E-state index in [2.05, 4.69) is 15.5 Å². The Morgan fingerprint density at radius 3 is 2.57 bits per heavy atom. The molecular weight excluding hydrogens is 392 g/mol. The van der Waals surface area contributed by atoms with Gasteiger partial charge in [0.15, 0.2) is 6.29 Å². The molecule has 2 bridgehead atoms. The molecule has 0 aromatic heterocycles. The molecule has 30 heavy (non-hydrogen) atoms. The second kappa shape index (κ2) is 8.76. The number of likely N-dealkylation sites (tertiary alicyclic amines) is 1. The quantitative estimate of drug-likeness (QED) is 0.521. The number of nitrogens with zero attached hydrogens (tertiary/aromatic N) is 1. The van der Waals surface area contributed by atoms with Gasteiger partial charge in [-0.05, 0) is 50.2 Å². The summed E-state index contributed by atoms with van der Waals surface area (Å²) in [5.74, 6) is 0.250. The summed E-state index contributed by atoms with van der Waals surface area (Å²) in [4.78, 5) is 26.0. The van der Waals surface area contributed by atoms with Gasteiger partial charge in [0.25, 0.3) is 0 Å². The number of nitrogens with one attached hydrogen (secondary N) is 2. The van der Waals surface area contributed by atoms with E-state index in [-0.39, 0.29) is 11.8 Å². The molecule has 5 atom stereocenters. The maximum Gasteiger partial charge on any atom is 0.319 e. The van der Waals surface area contributed by atoms with Crippen LogP contribution < -0.4 is 21.1 Å². The van der Waals surface area contributed by atoms with E-state index in [1.165, 1.54) is 0 Å². The molecule has 0 unspecified atom stereocenters. The van der Waals surface area contributed by atoms with Gasteiger partial charge in [-0.25, -0.2) is 4.79 Å². The molecule has 5 N–H and O–H groups in total. The number of hydrogen-bond donors (Lipinski definition) is 4. The average molecular weight is 420 g/mol. The van der Waals surface area contributed by atoms with Gasteiger partial charge in [-0.15, -0.1) is 0 Å². The van der Waals surface area contributed by atoms with Crippen molar-refractivity contribution in [1.29, 1.82) is 0 Å². The average Bonchev–Trinajstić information content (AvgIpc) is 3.17. The fraction of sp³-hybridized carbons (Fsp3) is 0.600. The summed E-state index contributed by atoms with van der Waals surface area (Å²) in [6.07, 6.45) is -0.595. The van der Waals surface area contributed by atoms with Crippen molar-refractivity contribution in [2.24, 2.45) is 11.7 Å². The first kappa shape index (κ1) is 20.9. The molecule has 3 aliphatic rings. The SMILES string of the molecule is COc1ccc(NC(=O)N[C@@H]2[C@H](O)[C@@H](N3CCC(C(N)=O)CC3)[C@@H]3OC[C@@H]2O3)cc1. The number of benzene rings is 1. The number of aliphatic hydroxyl groups is 1. The van der Waals surface area contributed by atoms with Crippen LogP contribution in [0.3, 0.4) is 0 Å². The lowest BCUT2D eigenvalue weighted by atomic mass is 9.90. The Bertz CT molecular complexity index is 767. The van der Waals surface area contributed by atoms with Crippen molar-refractivity contribution in [1.82, 2.24) is 10.2 Å². The molecule has 1 aromatic rings. The van der Waals surface area contributed by atoms with Crippen molar-refractivity contribution in [2.75, 3.05) is 32.1 Å². The highest BCUT2D eigenvalue weighted by atomic mass is 16.7. The summed E-state index contributed by atoms with van der Waals surface area (Å²) in [6.45, 7) is 1.51. The number of anilines is 1. The van der Waals surface area contributed by atoms with Gasteiger partial charge < -0.3 is 35.7 Å². The number of urea groups is 1. The van der Waals surface area contributed by atoms with Gasteiger partial charge >= 0.3 is 6.03 Å². The van der Waals surface area contributed by atoms with E-state index in [1.54, 1.807) is 31.4 Å². The van der Waals surface area contributed by atoms with Crippen LogP contribution in [-0.2, 0) is 14.3 Å². The first-order chi connectivity index (χ1) is 14.5. The standard InChI is InChI=1S/C20H28N4O6/c1-28-13-4-2-12(3-5-13)22-20(27)23-15-14-10-29-19(30-14)16(17(15)25)24-8-6-11(7-9-24)18(21)26/h2-5,11,14-17,19,25H,6-10H2,1H3,(H2,21,26)(H2,22,23,27)/t14-,15-,16+,17-,19+/m0/s1. The van der Waals surface area contributed by atoms with Gasteiger partial charge in [0.1, 0.15) is 11.9 Å². The summed E-state index contributed by atoms with van der Waals surface area (Å²) in [6, 6.07) is 5.46. The molecule has 0 radical (unpaired) electrons. The summed E-state index contributed by atoms with van der Waals surface area (Å²) in [5.41, 5.74) is 6.02. The van der Waals surface area contributed by atoms with E-state index in [1.807, 2.05) is 0 Å². The van der Waals surface area contributed by atoms with Gasteiger partial charge in [-0.1, -0.05) is 0 Å². The second-order valence-corrected chi connectivity index (χ2v) is 7.92. The first-order valence-electron chi connectivity index (χ1n) is 10.2. The van der Waals surface area contributed by atoms with Gasteiger partial charge in [0.05, 0.1) is 31.9 Å². The topological polar surface area (TPSA) is 135 Å². The van der Waals surface area contributed by atoms with Crippen molar-refractivity contribution in [3.63, 3.8) is 0 Å². The number of nitrogens with two attached hydrogens (primary N) is 1. The van der Waals surface area contributed by atoms with E-state index >= 15 is 0 Å². The van der Waals surface area contributed by atoms with Crippen LogP contribution in [0, 0.1) is 5.92 Å². The number of amides is 3. The van der Waals surface area contributed by atoms with Gasteiger partial charge in [-0.3, -0.25) is 9.69 Å². The Hall–Kier alpha value is -2.40. The molecular formula is C20H28N4O6. The molecule has 10 heteroatoms. The van der Waals surface area contributed by atoms with Gasteiger partial charge in [0.2, 0.25) is 5.91 Å². The molecule has 0 aliphatic carbocycles. The third-order valence-corrected chi connectivity index (χ3v) is 6.13. The number of hydrogen-bond acceptors (Lipinski definition) is 7. The zero-order valence-electron chi connectivity index (χ0n) is 16.8. The fourth-order valence-corrected chi connectivity index (χ4v) is 4.44. The van der Waals surface area contributed by atoms with Crippen molar-refractivity contribution >= 4 is 17.6 Å². The number of fused-ring (bicyclic) bond motifs is 2. The van der Waals surface area contributed by atoms with E-state index in [0.29, 0.717) is 44.0 Å². The van der Waals surface area contributed by atoms with E-state index in [9.17, 15) is 14.7 Å². The molecule has 10 nitrogen and oxygen atoms in total. The van der Waals surface area contributed by atoms with Crippen LogP contribution >= 0.6 is 0 Å². The van der Waals surface area contributed by atoms with E-state index in [4.69, 9.17) is 19.9 Å². The first-order valence-corrected chi connectivity index (χ1v) is 10.2. The number of methoxy groups -OCH3 is 1. The molecule has 4 rings (SSSR count). The lowest BCUT2D eigenvalue weighted by Gasteiger charge is -2.45.